The Balaban J connectivity index is 1.87. The van der Waals surface area contributed by atoms with Gasteiger partial charge in [0.2, 0.25) is 0 Å². The molecule has 0 aliphatic rings. The second-order valence-corrected chi connectivity index (χ2v) is 5.61. The number of hydrogen-bond acceptors (Lipinski definition) is 3. The van der Waals surface area contributed by atoms with Gasteiger partial charge in [0.05, 0.1) is 0 Å². The first-order valence-corrected chi connectivity index (χ1v) is 6.87. The zero-order valence-corrected chi connectivity index (χ0v) is 11.0. The van der Waals surface area contributed by atoms with Gasteiger partial charge < -0.3 is 5.73 Å². The second kappa shape index (κ2) is 5.07. The van der Waals surface area contributed by atoms with E-state index in [2.05, 4.69) is 4.98 Å². The van der Waals surface area contributed by atoms with Crippen molar-refractivity contribution in [3.63, 3.8) is 0 Å². The molecule has 0 bridgehead atoms. The molecule has 0 spiro atoms. The van der Waals surface area contributed by atoms with Gasteiger partial charge in [-0.2, -0.15) is 0 Å². The lowest BCUT2D eigenvalue weighted by Crippen LogP contribution is -2.11. The zero-order chi connectivity index (χ0) is 13.2. The summed E-state index contributed by atoms with van der Waals surface area (Å²) in [6.07, 6.45) is 4.29. The summed E-state index contributed by atoms with van der Waals surface area (Å²) in [5, 5.41) is 0.921. The van der Waals surface area contributed by atoms with Crippen molar-refractivity contribution in [2.24, 2.45) is 5.73 Å². The molecule has 0 radical (unpaired) electrons. The van der Waals surface area contributed by atoms with E-state index < -0.39 is 0 Å². The van der Waals surface area contributed by atoms with Gasteiger partial charge in [-0.15, -0.1) is 11.3 Å². The summed E-state index contributed by atoms with van der Waals surface area (Å²) in [6.45, 7) is 0. The monoisotopic (exact) mass is 272 g/mol. The first-order valence-electron chi connectivity index (χ1n) is 6.06. The summed E-state index contributed by atoms with van der Waals surface area (Å²) in [7, 11) is 0. The molecule has 2 nitrogen and oxygen atoms in total. The summed E-state index contributed by atoms with van der Waals surface area (Å²) >= 11 is 1.63. The van der Waals surface area contributed by atoms with Crippen LogP contribution in [0.5, 0.6) is 0 Å². The van der Waals surface area contributed by atoms with Crippen molar-refractivity contribution >= 4 is 21.4 Å². The summed E-state index contributed by atoms with van der Waals surface area (Å²) in [5.74, 6) is -0.209. The van der Waals surface area contributed by atoms with Crippen molar-refractivity contribution in [2.45, 2.75) is 12.5 Å². The number of hydrogen-bond donors (Lipinski definition) is 1. The average Bonchev–Trinajstić information content (AvgIpc) is 2.83. The number of halogens is 1. The third kappa shape index (κ3) is 2.64. The van der Waals surface area contributed by atoms with Crippen molar-refractivity contribution in [3.8, 4) is 0 Å². The largest absolute Gasteiger partial charge is 0.323 e. The van der Waals surface area contributed by atoms with Crippen LogP contribution in [0.4, 0.5) is 4.39 Å². The highest BCUT2D eigenvalue weighted by Gasteiger charge is 2.11. The zero-order valence-electron chi connectivity index (χ0n) is 10.2. The van der Waals surface area contributed by atoms with Gasteiger partial charge in [-0.25, -0.2) is 4.39 Å². The van der Waals surface area contributed by atoms with Crippen molar-refractivity contribution < 1.29 is 4.39 Å². The lowest BCUT2D eigenvalue weighted by Gasteiger charge is -2.08. The third-order valence-corrected chi connectivity index (χ3v) is 4.32. The van der Waals surface area contributed by atoms with Gasteiger partial charge >= 0.3 is 0 Å². The SMILES string of the molecule is NC(Cc1ccncc1)c1cc2cc(F)ccc2s1. The predicted molar refractivity (Wildman–Crippen MR) is 76.7 cm³/mol. The molecule has 0 aliphatic carbocycles. The standard InChI is InChI=1S/C15H13FN2S/c16-12-1-2-14-11(8-12)9-15(19-14)13(17)7-10-3-5-18-6-4-10/h1-6,8-9,13H,7,17H2. The number of benzene rings is 1. The minimum Gasteiger partial charge on any atom is -0.323 e. The van der Waals surface area contributed by atoms with Gasteiger partial charge in [0.15, 0.2) is 0 Å². The van der Waals surface area contributed by atoms with Gasteiger partial charge in [-0.05, 0) is 53.8 Å². The van der Waals surface area contributed by atoms with Crippen molar-refractivity contribution in [2.75, 3.05) is 0 Å². The summed E-state index contributed by atoms with van der Waals surface area (Å²) in [4.78, 5) is 5.07. The Morgan fingerprint density at radius 2 is 1.95 bits per heavy atom. The molecule has 0 aliphatic heterocycles. The van der Waals surface area contributed by atoms with E-state index in [4.69, 9.17) is 5.73 Å². The summed E-state index contributed by atoms with van der Waals surface area (Å²) in [5.41, 5.74) is 7.38. The highest BCUT2D eigenvalue weighted by molar-refractivity contribution is 7.19. The topological polar surface area (TPSA) is 38.9 Å². The fourth-order valence-electron chi connectivity index (χ4n) is 2.09. The van der Waals surface area contributed by atoms with Crippen molar-refractivity contribution in [1.82, 2.24) is 4.98 Å². The van der Waals surface area contributed by atoms with E-state index >= 15 is 0 Å². The van der Waals surface area contributed by atoms with E-state index in [0.717, 1.165) is 26.9 Å². The molecule has 0 saturated carbocycles. The fraction of sp³-hybridized carbons (Fsp3) is 0.133. The summed E-state index contributed by atoms with van der Waals surface area (Å²) in [6, 6.07) is 10.7. The molecular weight excluding hydrogens is 259 g/mol. The normalized spacial score (nSPS) is 12.7. The van der Waals surface area contributed by atoms with E-state index in [1.165, 1.54) is 6.07 Å². The third-order valence-electron chi connectivity index (χ3n) is 3.07. The van der Waals surface area contributed by atoms with E-state index in [1.54, 1.807) is 35.9 Å². The highest BCUT2D eigenvalue weighted by atomic mass is 32.1. The number of rotatable bonds is 3. The van der Waals surface area contributed by atoms with E-state index in [9.17, 15) is 4.39 Å². The molecule has 4 heteroatoms. The van der Waals surface area contributed by atoms with Crippen molar-refractivity contribution in [1.29, 1.82) is 0 Å². The molecule has 1 aromatic carbocycles. The lowest BCUT2D eigenvalue weighted by molar-refractivity contribution is 0.630. The van der Waals surface area contributed by atoms with E-state index in [0.29, 0.717) is 0 Å². The van der Waals surface area contributed by atoms with Gasteiger partial charge in [-0.3, -0.25) is 4.98 Å². The van der Waals surface area contributed by atoms with Crippen LogP contribution in [0, 0.1) is 5.82 Å². The Morgan fingerprint density at radius 3 is 2.74 bits per heavy atom. The summed E-state index contributed by atoms with van der Waals surface area (Å²) < 4.78 is 14.2. The molecule has 96 valence electrons. The first-order chi connectivity index (χ1) is 9.22. The molecule has 1 unspecified atom stereocenters. The van der Waals surface area contributed by atoms with Crippen LogP contribution in [0.2, 0.25) is 0 Å². The first kappa shape index (κ1) is 12.3. The highest BCUT2D eigenvalue weighted by Crippen LogP contribution is 2.30. The van der Waals surface area contributed by atoms with Crippen molar-refractivity contribution in [3.05, 3.63) is 65.0 Å². The molecule has 0 amide bonds. The fourth-order valence-corrected chi connectivity index (χ4v) is 3.14. The van der Waals surface area contributed by atoms with Crippen LogP contribution in [0.3, 0.4) is 0 Å². The Morgan fingerprint density at radius 1 is 1.16 bits per heavy atom. The average molecular weight is 272 g/mol. The smallest absolute Gasteiger partial charge is 0.123 e. The van der Waals surface area contributed by atoms with Crippen LogP contribution < -0.4 is 5.73 Å². The quantitative estimate of drug-likeness (QED) is 0.790. The number of aromatic nitrogens is 1. The Bertz CT molecular complexity index is 694. The maximum atomic E-state index is 13.2. The number of thiophene rings is 1. The molecule has 2 N–H and O–H groups in total. The number of nitrogens with zero attached hydrogens (tertiary/aromatic N) is 1. The van der Waals surface area contributed by atoms with E-state index in [1.807, 2.05) is 18.2 Å². The number of nitrogens with two attached hydrogens (primary N) is 1. The molecule has 2 aromatic heterocycles. The predicted octanol–water partition coefficient (Wildman–Crippen LogP) is 3.68. The van der Waals surface area contributed by atoms with Gasteiger partial charge in [-0.1, -0.05) is 0 Å². The van der Waals surface area contributed by atoms with Crippen LogP contribution in [0.1, 0.15) is 16.5 Å². The molecule has 1 atom stereocenters. The second-order valence-electron chi connectivity index (χ2n) is 4.50. The maximum absolute atomic E-state index is 13.2. The van der Waals surface area contributed by atoms with Gasteiger partial charge in [0.1, 0.15) is 5.82 Å². The Hall–Kier alpha value is -1.78. The van der Waals surface area contributed by atoms with Gasteiger partial charge in [0.25, 0.3) is 0 Å². The molecular formula is C15H13FN2S. The number of fused-ring (bicyclic) bond motifs is 1. The minimum absolute atomic E-state index is 0.0668. The molecule has 2 heterocycles. The maximum Gasteiger partial charge on any atom is 0.123 e. The van der Waals surface area contributed by atoms with Crippen LogP contribution >= 0.6 is 11.3 Å². The molecule has 3 aromatic rings. The Kier molecular flexibility index (Phi) is 3.27. The van der Waals surface area contributed by atoms with Crippen LogP contribution in [-0.4, -0.2) is 4.98 Å². The van der Waals surface area contributed by atoms with Crippen LogP contribution in [-0.2, 0) is 6.42 Å². The number of pyridine rings is 1. The van der Waals surface area contributed by atoms with Gasteiger partial charge in [0, 0.05) is 28.0 Å². The van der Waals surface area contributed by atoms with Crippen LogP contribution in [0.15, 0.2) is 48.8 Å². The minimum atomic E-state index is -0.209. The molecule has 3 rings (SSSR count). The molecule has 0 fully saturated rings. The molecule has 19 heavy (non-hydrogen) atoms. The lowest BCUT2D eigenvalue weighted by atomic mass is 10.1. The van der Waals surface area contributed by atoms with Crippen LogP contribution in [0.25, 0.3) is 10.1 Å². The Labute approximate surface area is 114 Å². The van der Waals surface area contributed by atoms with E-state index in [-0.39, 0.29) is 11.9 Å². The molecule has 0 saturated heterocycles.